The van der Waals surface area contributed by atoms with E-state index in [1.54, 1.807) is 25.1 Å². The second kappa shape index (κ2) is 9.09. The molecule has 1 aliphatic rings. The summed E-state index contributed by atoms with van der Waals surface area (Å²) in [7, 11) is -7.19. The van der Waals surface area contributed by atoms with Gasteiger partial charge in [-0.15, -0.1) is 0 Å². The van der Waals surface area contributed by atoms with Gasteiger partial charge in [0.1, 0.15) is 6.61 Å². The number of hydrogen-bond acceptors (Lipinski definition) is 7. The Morgan fingerprint density at radius 1 is 1.24 bits per heavy atom. The summed E-state index contributed by atoms with van der Waals surface area (Å²) in [5.41, 5.74) is 0.550. The number of carbonyl (C=O) groups is 2. The van der Waals surface area contributed by atoms with Crippen molar-refractivity contribution < 1.29 is 36.3 Å². The molecule has 0 radical (unpaired) electrons. The Balaban J connectivity index is 2.07. The van der Waals surface area contributed by atoms with Crippen molar-refractivity contribution in [1.82, 2.24) is 9.62 Å². The number of amides is 1. The lowest BCUT2D eigenvalue weighted by atomic mass is 9.93. The number of piperidine rings is 1. The Labute approximate surface area is 169 Å². The third kappa shape index (κ3) is 6.15. The van der Waals surface area contributed by atoms with Gasteiger partial charge in [0.15, 0.2) is 9.84 Å². The lowest BCUT2D eigenvalue weighted by molar-refractivity contribution is -0.143. The number of alkyl carbamates (subject to hydrolysis) is 1. The van der Waals surface area contributed by atoms with E-state index >= 15 is 0 Å². The maximum atomic E-state index is 12.9. The number of nitrogens with one attached hydrogen (secondary N) is 1. The first-order valence-corrected chi connectivity index (χ1v) is 12.3. The van der Waals surface area contributed by atoms with Gasteiger partial charge >= 0.3 is 12.1 Å². The number of ether oxygens (including phenoxy) is 1. The summed E-state index contributed by atoms with van der Waals surface area (Å²) in [4.78, 5) is 23.6. The van der Waals surface area contributed by atoms with Crippen LogP contribution in [0.15, 0.2) is 29.2 Å². The Bertz CT molecular complexity index is 975. The molecule has 1 amide bonds. The minimum Gasteiger partial charge on any atom is -0.481 e. The van der Waals surface area contributed by atoms with Crippen LogP contribution in [-0.4, -0.2) is 76.1 Å². The average Bonchev–Trinajstić information content (AvgIpc) is 2.60. The van der Waals surface area contributed by atoms with E-state index in [4.69, 9.17) is 4.74 Å². The zero-order chi connectivity index (χ0) is 21.8. The molecule has 1 aromatic rings. The largest absolute Gasteiger partial charge is 0.481 e. The Morgan fingerprint density at radius 3 is 2.48 bits per heavy atom. The first kappa shape index (κ1) is 23.1. The molecule has 2 unspecified atom stereocenters. The summed E-state index contributed by atoms with van der Waals surface area (Å²) in [6.45, 7) is 1.01. The molecule has 0 aliphatic carbocycles. The zero-order valence-corrected chi connectivity index (χ0v) is 17.7. The topological polar surface area (TPSA) is 147 Å². The third-order valence-corrected chi connectivity index (χ3v) is 7.53. The van der Waals surface area contributed by atoms with Crippen LogP contribution in [0, 0.1) is 12.8 Å². The van der Waals surface area contributed by atoms with Gasteiger partial charge in [-0.25, -0.2) is 21.6 Å². The number of carboxylic acid groups (broad SMARTS) is 1. The molecule has 12 heteroatoms. The van der Waals surface area contributed by atoms with Crippen molar-refractivity contribution in [3.63, 3.8) is 0 Å². The Kier molecular flexibility index (Phi) is 7.25. The van der Waals surface area contributed by atoms with E-state index in [2.05, 4.69) is 5.32 Å². The number of rotatable bonds is 7. The van der Waals surface area contributed by atoms with Gasteiger partial charge in [-0.2, -0.15) is 4.31 Å². The summed E-state index contributed by atoms with van der Waals surface area (Å²) >= 11 is 0. The van der Waals surface area contributed by atoms with E-state index in [1.165, 1.54) is 6.07 Å². The molecule has 1 heterocycles. The maximum absolute atomic E-state index is 12.9. The molecule has 2 N–H and O–H groups in total. The minimum absolute atomic E-state index is 0.0226. The SMILES string of the molecule is Cc1ccccc1S(=O)(=O)N1CCC(NC(=O)OCCS(C)(=O)=O)C(C(=O)O)C1. The second-order valence-corrected chi connectivity index (χ2v) is 11.0. The van der Waals surface area contributed by atoms with Crippen LogP contribution < -0.4 is 5.32 Å². The van der Waals surface area contributed by atoms with Gasteiger partial charge in [0.25, 0.3) is 0 Å². The van der Waals surface area contributed by atoms with Crippen LogP contribution in [0.3, 0.4) is 0 Å². The molecule has 29 heavy (non-hydrogen) atoms. The summed E-state index contributed by atoms with van der Waals surface area (Å²) in [5.74, 6) is -2.78. The summed E-state index contributed by atoms with van der Waals surface area (Å²) in [5, 5.41) is 11.9. The molecule has 0 saturated carbocycles. The highest BCUT2D eigenvalue weighted by Gasteiger charge is 2.40. The van der Waals surface area contributed by atoms with Crippen molar-refractivity contribution in [1.29, 1.82) is 0 Å². The van der Waals surface area contributed by atoms with Gasteiger partial charge in [0.05, 0.1) is 16.6 Å². The lowest BCUT2D eigenvalue weighted by Gasteiger charge is -2.36. The lowest BCUT2D eigenvalue weighted by Crippen LogP contribution is -2.55. The summed E-state index contributed by atoms with van der Waals surface area (Å²) in [6, 6.07) is 5.57. The normalized spacial score (nSPS) is 20.8. The number of sulfonamides is 1. The number of benzene rings is 1. The van der Waals surface area contributed by atoms with Gasteiger partial charge < -0.3 is 15.2 Å². The van der Waals surface area contributed by atoms with Crippen LogP contribution in [0.25, 0.3) is 0 Å². The van der Waals surface area contributed by atoms with Crippen molar-refractivity contribution in [2.45, 2.75) is 24.3 Å². The van der Waals surface area contributed by atoms with Gasteiger partial charge in [0, 0.05) is 25.4 Å². The van der Waals surface area contributed by atoms with Gasteiger partial charge in [-0.05, 0) is 25.0 Å². The number of sulfone groups is 1. The van der Waals surface area contributed by atoms with E-state index < -0.39 is 43.9 Å². The monoisotopic (exact) mass is 448 g/mol. The Hall–Kier alpha value is -2.18. The highest BCUT2D eigenvalue weighted by Crippen LogP contribution is 2.26. The van der Waals surface area contributed by atoms with Gasteiger partial charge in [-0.1, -0.05) is 18.2 Å². The molecule has 2 atom stereocenters. The number of nitrogens with zero attached hydrogens (tertiary/aromatic N) is 1. The quantitative estimate of drug-likeness (QED) is 0.602. The highest BCUT2D eigenvalue weighted by molar-refractivity contribution is 7.90. The molecule has 1 fully saturated rings. The number of carbonyl (C=O) groups excluding carboxylic acids is 1. The van der Waals surface area contributed by atoms with E-state index in [1.807, 2.05) is 0 Å². The van der Waals surface area contributed by atoms with Crippen LogP contribution in [0.5, 0.6) is 0 Å². The van der Waals surface area contributed by atoms with Crippen molar-refractivity contribution in [3.05, 3.63) is 29.8 Å². The number of hydrogen-bond donors (Lipinski definition) is 2. The molecule has 0 spiro atoms. The highest BCUT2D eigenvalue weighted by atomic mass is 32.2. The third-order valence-electron chi connectivity index (χ3n) is 4.59. The average molecular weight is 449 g/mol. The van der Waals surface area contributed by atoms with Gasteiger partial charge in [0.2, 0.25) is 10.0 Å². The van der Waals surface area contributed by atoms with E-state index in [0.717, 1.165) is 10.6 Å². The predicted octanol–water partition coefficient (Wildman–Crippen LogP) is 0.230. The van der Waals surface area contributed by atoms with E-state index in [-0.39, 0.29) is 36.8 Å². The van der Waals surface area contributed by atoms with Crippen LogP contribution in [0.2, 0.25) is 0 Å². The fourth-order valence-electron chi connectivity index (χ4n) is 3.03. The van der Waals surface area contributed by atoms with Crippen molar-refractivity contribution in [3.8, 4) is 0 Å². The Morgan fingerprint density at radius 2 is 1.90 bits per heavy atom. The first-order chi connectivity index (χ1) is 13.4. The zero-order valence-electron chi connectivity index (χ0n) is 16.1. The van der Waals surface area contributed by atoms with E-state index in [9.17, 15) is 31.5 Å². The smallest absolute Gasteiger partial charge is 0.407 e. The van der Waals surface area contributed by atoms with Crippen LogP contribution in [-0.2, 0) is 29.4 Å². The molecule has 1 aliphatic heterocycles. The van der Waals surface area contributed by atoms with Crippen LogP contribution in [0.4, 0.5) is 4.79 Å². The molecule has 10 nitrogen and oxygen atoms in total. The molecule has 1 saturated heterocycles. The van der Waals surface area contributed by atoms with Crippen molar-refractivity contribution in [2.24, 2.45) is 5.92 Å². The fourth-order valence-corrected chi connectivity index (χ4v) is 5.12. The summed E-state index contributed by atoms with van der Waals surface area (Å²) in [6.07, 6.45) is 0.128. The molecule has 0 aromatic heterocycles. The van der Waals surface area contributed by atoms with Crippen molar-refractivity contribution >= 4 is 31.9 Å². The standard InChI is InChI=1S/C17H24N2O8S2/c1-12-5-3-4-6-15(12)29(25,26)19-8-7-14(13(11-19)16(20)21)18-17(22)27-9-10-28(2,23)24/h3-6,13-14H,7-11H2,1-2H3,(H,18,22)(H,20,21). The van der Waals surface area contributed by atoms with E-state index in [0.29, 0.717) is 5.56 Å². The molecule has 162 valence electrons. The molecule has 1 aromatic carbocycles. The second-order valence-electron chi connectivity index (χ2n) is 6.88. The number of aryl methyl sites for hydroxylation is 1. The fraction of sp³-hybridized carbons (Fsp3) is 0.529. The molecular formula is C17H24N2O8S2. The molecular weight excluding hydrogens is 424 g/mol. The molecule has 0 bridgehead atoms. The minimum atomic E-state index is -3.88. The first-order valence-electron chi connectivity index (χ1n) is 8.81. The predicted molar refractivity (Wildman–Crippen MR) is 104 cm³/mol. The maximum Gasteiger partial charge on any atom is 0.407 e. The number of aliphatic carboxylic acids is 1. The molecule has 2 rings (SSSR count). The van der Waals surface area contributed by atoms with Gasteiger partial charge in [-0.3, -0.25) is 4.79 Å². The number of carboxylic acids is 1. The van der Waals surface area contributed by atoms with Crippen LogP contribution in [0.1, 0.15) is 12.0 Å². The van der Waals surface area contributed by atoms with Crippen molar-refractivity contribution in [2.75, 3.05) is 31.7 Å². The summed E-state index contributed by atoms with van der Waals surface area (Å²) < 4.78 is 53.8. The van der Waals surface area contributed by atoms with Crippen LogP contribution >= 0.6 is 0 Å².